The monoisotopic (exact) mass is 418 g/mol. The van der Waals surface area contributed by atoms with Crippen molar-refractivity contribution in [3.63, 3.8) is 0 Å². The summed E-state index contributed by atoms with van der Waals surface area (Å²) < 4.78 is 45.4. The Balaban J connectivity index is 1.85. The van der Waals surface area contributed by atoms with E-state index < -0.39 is 22.7 Å². The molecule has 6 nitrogen and oxygen atoms in total. The van der Waals surface area contributed by atoms with Gasteiger partial charge < -0.3 is 9.84 Å². The largest absolute Gasteiger partial charge is 0.417 e. The van der Waals surface area contributed by atoms with Crippen molar-refractivity contribution >= 4 is 34.8 Å². The predicted molar refractivity (Wildman–Crippen MR) is 92.0 cm³/mol. The topological polar surface area (TPSA) is 73.0 Å². The Labute approximate surface area is 160 Å². The minimum Gasteiger partial charge on any atom is -0.361 e. The molecule has 1 N–H and O–H groups in total. The van der Waals surface area contributed by atoms with Crippen LogP contribution >= 0.6 is 23.2 Å². The van der Waals surface area contributed by atoms with Crippen LogP contribution in [-0.2, 0) is 12.7 Å². The summed E-state index contributed by atoms with van der Waals surface area (Å²) in [4.78, 5) is 12.5. The van der Waals surface area contributed by atoms with Gasteiger partial charge >= 0.3 is 6.18 Å². The van der Waals surface area contributed by atoms with Gasteiger partial charge in [0.25, 0.3) is 5.91 Å². The molecule has 0 unspecified atom stereocenters. The smallest absolute Gasteiger partial charge is 0.361 e. The summed E-state index contributed by atoms with van der Waals surface area (Å²) in [5, 5.41) is 10.0. The van der Waals surface area contributed by atoms with E-state index in [4.69, 9.17) is 27.7 Å². The third-order valence-corrected chi connectivity index (χ3v) is 4.18. The van der Waals surface area contributed by atoms with Gasteiger partial charge in [-0.25, -0.2) is 0 Å². The van der Waals surface area contributed by atoms with Gasteiger partial charge in [0.15, 0.2) is 5.69 Å². The minimum absolute atomic E-state index is 0.0670. The van der Waals surface area contributed by atoms with Crippen molar-refractivity contribution in [2.24, 2.45) is 0 Å². The van der Waals surface area contributed by atoms with E-state index >= 15 is 0 Å². The van der Waals surface area contributed by atoms with Crippen molar-refractivity contribution in [3.05, 3.63) is 63.2 Å². The zero-order valence-electron chi connectivity index (χ0n) is 13.6. The lowest BCUT2D eigenvalue weighted by Gasteiger charge is -2.11. The second kappa shape index (κ2) is 7.24. The number of anilines is 1. The molecule has 3 aromatic rings. The van der Waals surface area contributed by atoms with Gasteiger partial charge in [0.05, 0.1) is 28.4 Å². The van der Waals surface area contributed by atoms with E-state index in [9.17, 15) is 18.0 Å². The highest BCUT2D eigenvalue weighted by molar-refractivity contribution is 6.31. The van der Waals surface area contributed by atoms with Gasteiger partial charge in [-0.1, -0.05) is 28.4 Å². The molecule has 0 saturated heterocycles. The molecule has 1 amide bonds. The fourth-order valence-corrected chi connectivity index (χ4v) is 2.73. The molecule has 0 radical (unpaired) electrons. The Kier molecular flexibility index (Phi) is 5.16. The van der Waals surface area contributed by atoms with Gasteiger partial charge in [0.1, 0.15) is 5.76 Å². The summed E-state index contributed by atoms with van der Waals surface area (Å²) in [6.07, 6.45) is -1.67. The summed E-state index contributed by atoms with van der Waals surface area (Å²) in [5.41, 5.74) is -0.768. The highest BCUT2D eigenvalue weighted by Crippen LogP contribution is 2.36. The number of aryl methyl sites for hydroxylation is 1. The van der Waals surface area contributed by atoms with Crippen LogP contribution < -0.4 is 5.32 Å². The standard InChI is InChI=1S/C16H11Cl2F3N4O2/c1-8-11(7-25-6-9(17)5-22-25)14(24-27-8)15(26)23-10-2-3-13(18)12(4-10)16(19,20)21/h2-6H,7H2,1H3,(H,23,26). The lowest BCUT2D eigenvalue weighted by Crippen LogP contribution is -2.16. The van der Waals surface area contributed by atoms with Crippen LogP contribution in [0.4, 0.5) is 18.9 Å². The molecular formula is C16H11Cl2F3N4O2. The zero-order chi connectivity index (χ0) is 19.8. The van der Waals surface area contributed by atoms with Crippen LogP contribution in [0, 0.1) is 6.92 Å². The number of nitrogens with zero attached hydrogens (tertiary/aromatic N) is 3. The van der Waals surface area contributed by atoms with Crippen LogP contribution in [-0.4, -0.2) is 20.8 Å². The van der Waals surface area contributed by atoms with Gasteiger partial charge in [-0.05, 0) is 25.1 Å². The Morgan fingerprint density at radius 3 is 2.70 bits per heavy atom. The van der Waals surface area contributed by atoms with Crippen LogP contribution in [0.5, 0.6) is 0 Å². The van der Waals surface area contributed by atoms with E-state index in [0.717, 1.165) is 12.1 Å². The molecule has 0 bridgehead atoms. The minimum atomic E-state index is -4.65. The summed E-state index contributed by atoms with van der Waals surface area (Å²) in [6, 6.07) is 3.07. The first kappa shape index (κ1) is 19.2. The number of amides is 1. The summed E-state index contributed by atoms with van der Waals surface area (Å²) in [7, 11) is 0. The normalized spacial score (nSPS) is 11.6. The number of aromatic nitrogens is 3. The maximum absolute atomic E-state index is 13.0. The quantitative estimate of drug-likeness (QED) is 0.659. The number of benzene rings is 1. The number of hydrogen-bond acceptors (Lipinski definition) is 4. The van der Waals surface area contributed by atoms with Crippen LogP contribution in [0.2, 0.25) is 10.0 Å². The van der Waals surface area contributed by atoms with Crippen molar-refractivity contribution in [1.82, 2.24) is 14.9 Å². The maximum atomic E-state index is 13.0. The number of carbonyl (C=O) groups is 1. The lowest BCUT2D eigenvalue weighted by atomic mass is 10.1. The van der Waals surface area contributed by atoms with Crippen LogP contribution in [0.1, 0.15) is 27.4 Å². The number of hydrogen-bond donors (Lipinski definition) is 1. The maximum Gasteiger partial charge on any atom is 0.417 e. The van der Waals surface area contributed by atoms with E-state index in [1.807, 2.05) is 0 Å². The average Bonchev–Trinajstić information content (AvgIpc) is 3.15. The Hall–Kier alpha value is -2.52. The van der Waals surface area contributed by atoms with Crippen LogP contribution in [0.25, 0.3) is 0 Å². The van der Waals surface area contributed by atoms with Gasteiger partial charge in [0, 0.05) is 17.4 Å². The second-order valence-electron chi connectivity index (χ2n) is 5.57. The zero-order valence-corrected chi connectivity index (χ0v) is 15.2. The van der Waals surface area contributed by atoms with Crippen molar-refractivity contribution in [2.45, 2.75) is 19.6 Å². The first-order valence-corrected chi connectivity index (χ1v) is 8.22. The lowest BCUT2D eigenvalue weighted by molar-refractivity contribution is -0.137. The summed E-state index contributed by atoms with van der Waals surface area (Å²) in [5.74, 6) is -0.352. The van der Waals surface area contributed by atoms with Gasteiger partial charge in [-0.3, -0.25) is 9.48 Å². The molecule has 0 aliphatic carbocycles. The molecule has 2 heterocycles. The third kappa shape index (κ3) is 4.25. The van der Waals surface area contributed by atoms with Gasteiger partial charge in [0.2, 0.25) is 0 Å². The van der Waals surface area contributed by atoms with E-state index in [1.54, 1.807) is 13.1 Å². The number of carbonyl (C=O) groups excluding carboxylic acids is 1. The number of nitrogens with one attached hydrogen (secondary N) is 1. The number of rotatable bonds is 4. The van der Waals surface area contributed by atoms with Crippen molar-refractivity contribution in [2.75, 3.05) is 5.32 Å². The molecule has 0 aliphatic heterocycles. The molecule has 0 spiro atoms. The molecule has 0 aliphatic rings. The van der Waals surface area contributed by atoms with E-state index in [0.29, 0.717) is 16.3 Å². The molecule has 3 rings (SSSR count). The van der Waals surface area contributed by atoms with Crippen molar-refractivity contribution < 1.29 is 22.5 Å². The Morgan fingerprint density at radius 1 is 1.33 bits per heavy atom. The fourth-order valence-electron chi connectivity index (χ4n) is 2.35. The Bertz CT molecular complexity index is 998. The first-order chi connectivity index (χ1) is 12.6. The molecule has 0 saturated carbocycles. The SMILES string of the molecule is Cc1onc(C(=O)Nc2ccc(Cl)c(C(F)(F)F)c2)c1Cn1cc(Cl)cn1. The molecule has 1 aromatic carbocycles. The molecule has 0 atom stereocenters. The summed E-state index contributed by atoms with van der Waals surface area (Å²) in [6.45, 7) is 1.76. The van der Waals surface area contributed by atoms with Crippen molar-refractivity contribution in [1.29, 1.82) is 0 Å². The van der Waals surface area contributed by atoms with Crippen molar-refractivity contribution in [3.8, 4) is 0 Å². The second-order valence-corrected chi connectivity index (χ2v) is 6.41. The number of alkyl halides is 3. The molecule has 27 heavy (non-hydrogen) atoms. The van der Waals surface area contributed by atoms with Gasteiger partial charge in [-0.2, -0.15) is 18.3 Å². The highest BCUT2D eigenvalue weighted by atomic mass is 35.5. The molecule has 11 heteroatoms. The molecule has 2 aromatic heterocycles. The van der Waals surface area contributed by atoms with E-state index in [1.165, 1.54) is 16.9 Å². The van der Waals surface area contributed by atoms with Crippen LogP contribution in [0.3, 0.4) is 0 Å². The average molecular weight is 419 g/mol. The van der Waals surface area contributed by atoms with E-state index in [-0.39, 0.29) is 17.9 Å². The third-order valence-electron chi connectivity index (χ3n) is 3.65. The first-order valence-electron chi connectivity index (χ1n) is 7.46. The summed E-state index contributed by atoms with van der Waals surface area (Å²) >= 11 is 11.4. The van der Waals surface area contributed by atoms with Gasteiger partial charge in [-0.15, -0.1) is 0 Å². The fraction of sp³-hybridized carbons (Fsp3) is 0.188. The molecular weight excluding hydrogens is 408 g/mol. The van der Waals surface area contributed by atoms with Crippen LogP contribution in [0.15, 0.2) is 35.1 Å². The molecule has 142 valence electrons. The molecule has 0 fully saturated rings. The highest BCUT2D eigenvalue weighted by Gasteiger charge is 2.33. The number of halogens is 5. The predicted octanol–water partition coefficient (Wildman–Crippen LogP) is 4.81. The Morgan fingerprint density at radius 2 is 2.07 bits per heavy atom. The van der Waals surface area contributed by atoms with E-state index in [2.05, 4.69) is 15.6 Å².